The van der Waals surface area contributed by atoms with Crippen LogP contribution in [-0.2, 0) is 22.3 Å². The number of aromatic nitrogens is 3. The van der Waals surface area contributed by atoms with Gasteiger partial charge in [-0.2, -0.15) is 13.2 Å². The number of ether oxygens (including phenoxy) is 2. The second-order valence-corrected chi connectivity index (χ2v) is 8.01. The molecule has 0 aliphatic carbocycles. The molecular formula is C20H19ClF3N3O4S. The van der Waals surface area contributed by atoms with Gasteiger partial charge in [0.15, 0.2) is 5.16 Å². The van der Waals surface area contributed by atoms with Crippen molar-refractivity contribution in [2.45, 2.75) is 35.7 Å². The largest absolute Gasteiger partial charge is 0.491 e. The summed E-state index contributed by atoms with van der Waals surface area (Å²) in [5.41, 5.74) is 0.362. The number of halogens is 4. The van der Waals surface area contributed by atoms with E-state index in [1.54, 1.807) is 29.9 Å². The molecule has 32 heavy (non-hydrogen) atoms. The molecule has 7 nitrogen and oxygen atoms in total. The number of fused-ring (bicyclic) bond motifs is 1. The molecule has 0 atom stereocenters. The van der Waals surface area contributed by atoms with Gasteiger partial charge < -0.3 is 19.1 Å². The Labute approximate surface area is 190 Å². The van der Waals surface area contributed by atoms with E-state index in [1.165, 1.54) is 0 Å². The summed E-state index contributed by atoms with van der Waals surface area (Å²) in [4.78, 5) is 19.3. The fourth-order valence-corrected chi connectivity index (χ4v) is 4.01. The molecule has 0 radical (unpaired) electrons. The summed E-state index contributed by atoms with van der Waals surface area (Å²) < 4.78 is 51.0. The molecular weight excluding hydrogens is 471 g/mol. The Morgan fingerprint density at radius 1 is 1.28 bits per heavy atom. The fraction of sp³-hybridized carbons (Fsp3) is 0.350. The number of aliphatic carboxylic acids is 1. The molecule has 1 aromatic carbocycles. The normalized spacial score (nSPS) is 11.8. The lowest BCUT2D eigenvalue weighted by atomic mass is 10.2. The number of methoxy groups -OCH3 is 1. The maximum Gasteiger partial charge on any atom is 0.417 e. The number of benzene rings is 1. The quantitative estimate of drug-likeness (QED) is 0.394. The monoisotopic (exact) mass is 489 g/mol. The number of carbonyl (C=O) groups is 1. The zero-order chi connectivity index (χ0) is 23.3. The summed E-state index contributed by atoms with van der Waals surface area (Å²) in [5, 5.41) is 9.38. The topological polar surface area (TPSA) is 86.5 Å². The number of alkyl halides is 3. The van der Waals surface area contributed by atoms with E-state index in [-0.39, 0.29) is 16.5 Å². The lowest BCUT2D eigenvalue weighted by Gasteiger charge is -2.10. The van der Waals surface area contributed by atoms with Crippen molar-refractivity contribution in [3.8, 4) is 5.75 Å². The van der Waals surface area contributed by atoms with Crippen molar-refractivity contribution in [1.82, 2.24) is 14.5 Å². The lowest BCUT2D eigenvalue weighted by Crippen LogP contribution is -2.06. The molecule has 0 bridgehead atoms. The Balaban J connectivity index is 1.93. The highest BCUT2D eigenvalue weighted by atomic mass is 35.5. The number of hydrogen-bond acceptors (Lipinski definition) is 6. The van der Waals surface area contributed by atoms with E-state index in [0.29, 0.717) is 48.8 Å². The molecule has 172 valence electrons. The Morgan fingerprint density at radius 3 is 2.72 bits per heavy atom. The molecule has 1 N–H and O–H groups in total. The summed E-state index contributed by atoms with van der Waals surface area (Å²) >= 11 is 7.05. The van der Waals surface area contributed by atoms with Crippen LogP contribution in [0.25, 0.3) is 11.0 Å². The molecule has 0 saturated heterocycles. The third-order valence-corrected chi connectivity index (χ3v) is 5.75. The van der Waals surface area contributed by atoms with E-state index in [9.17, 15) is 18.0 Å². The maximum atomic E-state index is 12.9. The van der Waals surface area contributed by atoms with Crippen molar-refractivity contribution >= 4 is 40.4 Å². The number of hydrogen-bond donors (Lipinski definition) is 1. The van der Waals surface area contributed by atoms with Gasteiger partial charge in [0.2, 0.25) is 0 Å². The van der Waals surface area contributed by atoms with Gasteiger partial charge in [-0.15, -0.1) is 0 Å². The smallest absolute Gasteiger partial charge is 0.417 e. The SMILES string of the molecule is COCCOc1ccc2c(c1)nc(Sc1ncc(C(F)(F)F)cc1Cl)n2CCCC(=O)O. The van der Waals surface area contributed by atoms with E-state index < -0.39 is 17.7 Å². The molecule has 2 aromatic heterocycles. The minimum Gasteiger partial charge on any atom is -0.491 e. The Kier molecular flexibility index (Phi) is 7.86. The molecule has 12 heteroatoms. The van der Waals surface area contributed by atoms with E-state index in [2.05, 4.69) is 9.97 Å². The molecule has 0 saturated carbocycles. The highest BCUT2D eigenvalue weighted by molar-refractivity contribution is 7.99. The number of nitrogens with zero attached hydrogens (tertiary/aromatic N) is 3. The maximum absolute atomic E-state index is 12.9. The number of pyridine rings is 1. The first-order valence-electron chi connectivity index (χ1n) is 9.43. The zero-order valence-corrected chi connectivity index (χ0v) is 18.4. The number of aryl methyl sites for hydroxylation is 1. The van der Waals surface area contributed by atoms with Crippen LogP contribution in [0.1, 0.15) is 18.4 Å². The van der Waals surface area contributed by atoms with E-state index in [0.717, 1.165) is 23.3 Å². The Morgan fingerprint density at radius 2 is 2.06 bits per heavy atom. The number of rotatable bonds is 10. The van der Waals surface area contributed by atoms with Gasteiger partial charge in [-0.3, -0.25) is 4.79 Å². The van der Waals surface area contributed by atoms with Gasteiger partial charge in [0.25, 0.3) is 0 Å². The molecule has 3 rings (SSSR count). The van der Waals surface area contributed by atoms with E-state index >= 15 is 0 Å². The molecule has 0 spiro atoms. The lowest BCUT2D eigenvalue weighted by molar-refractivity contribution is -0.138. The average molecular weight is 490 g/mol. The summed E-state index contributed by atoms with van der Waals surface area (Å²) in [6, 6.07) is 6.09. The summed E-state index contributed by atoms with van der Waals surface area (Å²) in [6.45, 7) is 1.11. The van der Waals surface area contributed by atoms with Crippen molar-refractivity contribution in [1.29, 1.82) is 0 Å². The molecule has 0 aliphatic heterocycles. The van der Waals surface area contributed by atoms with Gasteiger partial charge >= 0.3 is 12.1 Å². The van der Waals surface area contributed by atoms with Crippen molar-refractivity contribution in [2.75, 3.05) is 20.3 Å². The fourth-order valence-electron chi connectivity index (χ4n) is 2.84. The van der Waals surface area contributed by atoms with Crippen molar-refractivity contribution in [2.24, 2.45) is 0 Å². The molecule has 0 amide bonds. The van der Waals surface area contributed by atoms with Gasteiger partial charge in [-0.05, 0) is 36.4 Å². The minimum absolute atomic E-state index is 0.0404. The van der Waals surface area contributed by atoms with Gasteiger partial charge in [0.05, 0.1) is 28.2 Å². The standard InChI is InChI=1S/C20H19ClF3N3O4S/c1-30-7-8-31-13-4-5-16-15(10-13)26-19(27(16)6-2-3-17(28)29)32-18-14(21)9-12(11-25-18)20(22,23)24/h4-5,9-11H,2-3,6-8H2,1H3,(H,28,29). The van der Waals surface area contributed by atoms with Crippen LogP contribution in [-0.4, -0.2) is 45.9 Å². The van der Waals surface area contributed by atoms with Crippen LogP contribution in [0.4, 0.5) is 13.2 Å². The minimum atomic E-state index is -4.55. The molecule has 3 aromatic rings. The Bertz CT molecular complexity index is 1110. The third-order valence-electron chi connectivity index (χ3n) is 4.34. The van der Waals surface area contributed by atoms with Gasteiger partial charge in [0.1, 0.15) is 17.4 Å². The highest BCUT2D eigenvalue weighted by Crippen LogP contribution is 2.37. The number of carboxylic acid groups (broad SMARTS) is 1. The predicted molar refractivity (Wildman–Crippen MR) is 112 cm³/mol. The van der Waals surface area contributed by atoms with Gasteiger partial charge in [0, 0.05) is 32.3 Å². The highest BCUT2D eigenvalue weighted by Gasteiger charge is 2.31. The van der Waals surface area contributed by atoms with Gasteiger partial charge in [-0.1, -0.05) is 11.6 Å². The molecule has 0 aliphatic rings. The summed E-state index contributed by atoms with van der Waals surface area (Å²) in [5.74, 6) is -0.350. The van der Waals surface area contributed by atoms with Crippen LogP contribution in [0.2, 0.25) is 5.02 Å². The third kappa shape index (κ3) is 6.05. The van der Waals surface area contributed by atoms with Crippen LogP contribution in [0, 0.1) is 0 Å². The van der Waals surface area contributed by atoms with Crippen LogP contribution >= 0.6 is 23.4 Å². The first kappa shape index (κ1) is 24.1. The second kappa shape index (κ2) is 10.4. The molecule has 2 heterocycles. The molecule has 0 fully saturated rings. The number of imidazole rings is 1. The van der Waals surface area contributed by atoms with Gasteiger partial charge in [-0.25, -0.2) is 9.97 Å². The first-order valence-corrected chi connectivity index (χ1v) is 10.6. The van der Waals surface area contributed by atoms with Crippen molar-refractivity contribution in [3.63, 3.8) is 0 Å². The van der Waals surface area contributed by atoms with Crippen molar-refractivity contribution < 1.29 is 32.5 Å². The summed E-state index contributed by atoms with van der Waals surface area (Å²) in [7, 11) is 1.56. The van der Waals surface area contributed by atoms with Crippen LogP contribution in [0.15, 0.2) is 40.6 Å². The van der Waals surface area contributed by atoms with E-state index in [4.69, 9.17) is 26.2 Å². The second-order valence-electron chi connectivity index (χ2n) is 6.65. The molecule has 0 unspecified atom stereocenters. The zero-order valence-electron chi connectivity index (χ0n) is 16.9. The Hall–Kier alpha value is -2.50. The first-order chi connectivity index (χ1) is 15.2. The van der Waals surface area contributed by atoms with Crippen LogP contribution < -0.4 is 4.74 Å². The van der Waals surface area contributed by atoms with Crippen LogP contribution in [0.3, 0.4) is 0 Å². The predicted octanol–water partition coefficient (Wildman–Crippen LogP) is 5.14. The van der Waals surface area contributed by atoms with Crippen molar-refractivity contribution in [3.05, 3.63) is 41.0 Å². The van der Waals surface area contributed by atoms with Crippen LogP contribution in [0.5, 0.6) is 5.75 Å². The van der Waals surface area contributed by atoms with E-state index in [1.807, 2.05) is 0 Å². The number of carboxylic acids is 1. The summed E-state index contributed by atoms with van der Waals surface area (Å²) in [6.07, 6.45) is -3.54. The average Bonchev–Trinajstić information content (AvgIpc) is 3.05.